The Kier molecular flexibility index (Phi) is 2.47. The highest BCUT2D eigenvalue weighted by atomic mass is 32.2. The van der Waals surface area contributed by atoms with Crippen LogP contribution in [0.4, 0.5) is 0 Å². The normalized spacial score (nSPS) is 20.2. The molecule has 1 aliphatic heterocycles. The second kappa shape index (κ2) is 3.60. The van der Waals surface area contributed by atoms with Crippen LogP contribution in [-0.4, -0.2) is 17.4 Å². The van der Waals surface area contributed by atoms with E-state index in [-0.39, 0.29) is 0 Å². The van der Waals surface area contributed by atoms with Crippen molar-refractivity contribution in [2.45, 2.75) is 17.2 Å². The van der Waals surface area contributed by atoms with Gasteiger partial charge in [0.2, 0.25) is 0 Å². The molecule has 0 bridgehead atoms. The fourth-order valence-corrected chi connectivity index (χ4v) is 2.99. The lowest BCUT2D eigenvalue weighted by Gasteiger charge is -2.08. The molecule has 1 atom stereocenters. The van der Waals surface area contributed by atoms with Crippen LogP contribution in [0.3, 0.4) is 0 Å². The van der Waals surface area contributed by atoms with Gasteiger partial charge in [-0.05, 0) is 42.6 Å². The predicted octanol–water partition coefficient (Wildman–Crippen LogP) is 1.93. The number of hydrogen-bond acceptors (Lipinski definition) is 3. The third-order valence-electron chi connectivity index (χ3n) is 2.39. The van der Waals surface area contributed by atoms with Gasteiger partial charge >= 0.3 is 0 Å². The Balaban J connectivity index is 2.29. The number of aromatic hydroxyl groups is 1. The maximum atomic E-state index is 9.34. The highest BCUT2D eigenvalue weighted by Gasteiger charge is 2.22. The lowest BCUT2D eigenvalue weighted by Crippen LogP contribution is -2.06. The fourth-order valence-electron chi connectivity index (χ4n) is 1.71. The number of nitrogens with two attached hydrogens (primary N) is 1. The molecule has 1 heterocycles. The molecular formula is C10H13NOS. The summed E-state index contributed by atoms with van der Waals surface area (Å²) in [5.74, 6) is 2.01. The Morgan fingerprint density at radius 1 is 1.54 bits per heavy atom. The Morgan fingerprint density at radius 3 is 3.15 bits per heavy atom. The monoisotopic (exact) mass is 195 g/mol. The summed E-state index contributed by atoms with van der Waals surface area (Å²) in [6, 6.07) is 5.61. The average molecular weight is 195 g/mol. The van der Waals surface area contributed by atoms with Crippen molar-refractivity contribution in [3.63, 3.8) is 0 Å². The Labute approximate surface area is 82.1 Å². The van der Waals surface area contributed by atoms with E-state index in [9.17, 15) is 5.11 Å². The maximum absolute atomic E-state index is 9.34. The summed E-state index contributed by atoms with van der Waals surface area (Å²) in [4.78, 5) is 1.30. The lowest BCUT2D eigenvalue weighted by atomic mass is 9.98. The van der Waals surface area contributed by atoms with Crippen molar-refractivity contribution in [1.82, 2.24) is 0 Å². The van der Waals surface area contributed by atoms with Gasteiger partial charge in [0.1, 0.15) is 5.75 Å². The van der Waals surface area contributed by atoms with Gasteiger partial charge in [-0.3, -0.25) is 0 Å². The topological polar surface area (TPSA) is 46.2 Å². The number of hydrogen-bond donors (Lipinski definition) is 2. The van der Waals surface area contributed by atoms with Gasteiger partial charge < -0.3 is 10.8 Å². The third kappa shape index (κ3) is 1.67. The van der Waals surface area contributed by atoms with Crippen LogP contribution in [0, 0.1) is 0 Å². The van der Waals surface area contributed by atoms with Crippen LogP contribution in [0.1, 0.15) is 17.9 Å². The second-order valence-corrected chi connectivity index (χ2v) is 4.37. The van der Waals surface area contributed by atoms with Crippen LogP contribution in [-0.2, 0) is 0 Å². The Morgan fingerprint density at radius 2 is 2.38 bits per heavy atom. The third-order valence-corrected chi connectivity index (χ3v) is 3.64. The highest BCUT2D eigenvalue weighted by Crippen LogP contribution is 2.42. The number of fused-ring (bicyclic) bond motifs is 1. The van der Waals surface area contributed by atoms with Crippen molar-refractivity contribution in [1.29, 1.82) is 0 Å². The fraction of sp³-hybridized carbons (Fsp3) is 0.400. The SMILES string of the molecule is NCCC1CSc2ccc(O)cc21. The Hall–Kier alpha value is -0.670. The van der Waals surface area contributed by atoms with E-state index in [1.54, 1.807) is 6.07 Å². The summed E-state index contributed by atoms with van der Waals surface area (Å²) in [5.41, 5.74) is 6.81. The predicted molar refractivity (Wildman–Crippen MR) is 55.2 cm³/mol. The summed E-state index contributed by atoms with van der Waals surface area (Å²) in [6.07, 6.45) is 1.02. The number of phenolic OH excluding ortho intramolecular Hbond substituents is 1. The first-order chi connectivity index (χ1) is 6.31. The van der Waals surface area contributed by atoms with Crippen LogP contribution in [0.15, 0.2) is 23.1 Å². The van der Waals surface area contributed by atoms with Gasteiger partial charge in [-0.2, -0.15) is 0 Å². The van der Waals surface area contributed by atoms with E-state index < -0.39 is 0 Å². The smallest absolute Gasteiger partial charge is 0.115 e. The van der Waals surface area contributed by atoms with Crippen molar-refractivity contribution < 1.29 is 5.11 Å². The zero-order chi connectivity index (χ0) is 9.26. The van der Waals surface area contributed by atoms with Crippen molar-refractivity contribution in [2.24, 2.45) is 5.73 Å². The van der Waals surface area contributed by atoms with Gasteiger partial charge in [-0.1, -0.05) is 0 Å². The van der Waals surface area contributed by atoms with Crippen molar-refractivity contribution in [2.75, 3.05) is 12.3 Å². The molecule has 2 rings (SSSR count). The molecular weight excluding hydrogens is 182 g/mol. The minimum atomic E-state index is 0.364. The van der Waals surface area contributed by atoms with Crippen LogP contribution < -0.4 is 5.73 Å². The van der Waals surface area contributed by atoms with E-state index >= 15 is 0 Å². The van der Waals surface area contributed by atoms with Gasteiger partial charge in [0.05, 0.1) is 0 Å². The first-order valence-electron chi connectivity index (χ1n) is 4.47. The van der Waals surface area contributed by atoms with E-state index in [1.165, 1.54) is 10.5 Å². The molecule has 2 nitrogen and oxygen atoms in total. The summed E-state index contributed by atoms with van der Waals surface area (Å²) in [7, 11) is 0. The molecule has 1 aromatic rings. The first-order valence-corrected chi connectivity index (χ1v) is 5.45. The second-order valence-electron chi connectivity index (χ2n) is 3.31. The molecule has 13 heavy (non-hydrogen) atoms. The first kappa shape index (κ1) is 8.91. The summed E-state index contributed by atoms with van der Waals surface area (Å²) < 4.78 is 0. The molecule has 3 N–H and O–H groups in total. The van der Waals surface area contributed by atoms with Crippen molar-refractivity contribution in [3.8, 4) is 5.75 Å². The molecule has 0 saturated heterocycles. The summed E-state index contributed by atoms with van der Waals surface area (Å²) >= 11 is 1.86. The molecule has 1 unspecified atom stereocenters. The zero-order valence-corrected chi connectivity index (χ0v) is 8.18. The lowest BCUT2D eigenvalue weighted by molar-refractivity contribution is 0.473. The van der Waals surface area contributed by atoms with Crippen LogP contribution in [0.25, 0.3) is 0 Å². The standard InChI is InChI=1S/C10H13NOS/c11-4-3-7-6-13-10-2-1-8(12)5-9(7)10/h1-2,5,7,12H,3-4,6,11H2. The van der Waals surface area contributed by atoms with Gasteiger partial charge in [-0.25, -0.2) is 0 Å². The van der Waals surface area contributed by atoms with E-state index in [1.807, 2.05) is 23.9 Å². The van der Waals surface area contributed by atoms with Gasteiger partial charge in [-0.15, -0.1) is 11.8 Å². The minimum absolute atomic E-state index is 0.364. The number of thioether (sulfide) groups is 1. The van der Waals surface area contributed by atoms with Crippen LogP contribution in [0.5, 0.6) is 5.75 Å². The van der Waals surface area contributed by atoms with Gasteiger partial charge in [0.15, 0.2) is 0 Å². The minimum Gasteiger partial charge on any atom is -0.508 e. The molecule has 0 radical (unpaired) electrons. The summed E-state index contributed by atoms with van der Waals surface area (Å²) in [6.45, 7) is 0.723. The summed E-state index contributed by atoms with van der Waals surface area (Å²) in [5, 5.41) is 9.34. The van der Waals surface area contributed by atoms with Gasteiger partial charge in [0, 0.05) is 10.6 Å². The van der Waals surface area contributed by atoms with Crippen LogP contribution in [0.2, 0.25) is 0 Å². The molecule has 0 spiro atoms. The average Bonchev–Trinajstić information content (AvgIpc) is 2.49. The molecule has 3 heteroatoms. The number of phenols is 1. The number of benzene rings is 1. The molecule has 1 aliphatic rings. The van der Waals surface area contributed by atoms with Gasteiger partial charge in [0.25, 0.3) is 0 Å². The molecule has 1 aromatic carbocycles. The molecule has 0 aliphatic carbocycles. The van der Waals surface area contributed by atoms with E-state index in [0.717, 1.165) is 18.7 Å². The zero-order valence-electron chi connectivity index (χ0n) is 7.36. The quantitative estimate of drug-likeness (QED) is 0.758. The molecule has 0 saturated carbocycles. The van der Waals surface area contributed by atoms with E-state index in [2.05, 4.69) is 0 Å². The molecule has 70 valence electrons. The molecule has 0 fully saturated rings. The number of rotatable bonds is 2. The maximum Gasteiger partial charge on any atom is 0.115 e. The van der Waals surface area contributed by atoms with Crippen molar-refractivity contribution >= 4 is 11.8 Å². The van der Waals surface area contributed by atoms with E-state index in [0.29, 0.717) is 11.7 Å². The molecule has 0 amide bonds. The van der Waals surface area contributed by atoms with Crippen molar-refractivity contribution in [3.05, 3.63) is 23.8 Å². The largest absolute Gasteiger partial charge is 0.508 e. The van der Waals surface area contributed by atoms with Crippen LogP contribution >= 0.6 is 11.8 Å². The molecule has 0 aromatic heterocycles. The highest BCUT2D eigenvalue weighted by molar-refractivity contribution is 7.99. The Bertz CT molecular complexity index is 312. The van der Waals surface area contributed by atoms with E-state index in [4.69, 9.17) is 5.73 Å².